The first-order valence-corrected chi connectivity index (χ1v) is 7.72. The van der Waals surface area contributed by atoms with E-state index in [0.29, 0.717) is 17.6 Å². The quantitative estimate of drug-likeness (QED) is 0.519. The average molecular weight is 322 g/mol. The van der Waals surface area contributed by atoms with Crippen LogP contribution in [0.25, 0.3) is 11.2 Å². The number of nitrogens with one attached hydrogen (secondary N) is 1. The molecule has 5 N–H and O–H groups in total. The Hall–Kier alpha value is -1.81. The predicted molar refractivity (Wildman–Crippen MR) is 83.4 cm³/mol. The molecule has 3 rings (SSSR count). The number of aromatic nitrogens is 4. The Bertz CT molecular complexity index is 663. The first kappa shape index (κ1) is 16.1. The molecule has 0 aromatic carbocycles. The fourth-order valence-electron chi connectivity index (χ4n) is 2.90. The summed E-state index contributed by atoms with van der Waals surface area (Å²) in [7, 11) is 1.90. The lowest BCUT2D eigenvalue weighted by Gasteiger charge is -2.16. The number of ether oxygens (including phenoxy) is 1. The lowest BCUT2D eigenvalue weighted by molar-refractivity contribution is -0.0374. The van der Waals surface area contributed by atoms with Crippen molar-refractivity contribution >= 4 is 17.0 Å². The van der Waals surface area contributed by atoms with Crippen molar-refractivity contribution in [1.82, 2.24) is 24.8 Å². The lowest BCUT2D eigenvalue weighted by atomic mass is 10.0. The molecule has 9 heteroatoms. The molecule has 0 amide bonds. The van der Waals surface area contributed by atoms with Gasteiger partial charge in [0.1, 0.15) is 24.1 Å². The van der Waals surface area contributed by atoms with Gasteiger partial charge in [-0.3, -0.25) is 4.57 Å². The van der Waals surface area contributed by atoms with E-state index in [2.05, 4.69) is 20.3 Å². The Morgan fingerprint density at radius 2 is 2.09 bits per heavy atom. The van der Waals surface area contributed by atoms with Gasteiger partial charge < -0.3 is 26.0 Å². The van der Waals surface area contributed by atoms with Gasteiger partial charge in [0.05, 0.1) is 12.4 Å². The number of fused-ring (bicyclic) bond motifs is 1. The lowest BCUT2D eigenvalue weighted by Crippen LogP contribution is -2.31. The van der Waals surface area contributed by atoms with Crippen molar-refractivity contribution in [2.24, 2.45) is 0 Å². The molecule has 0 radical (unpaired) electrons. The molecule has 0 unspecified atom stereocenters. The predicted octanol–water partition coefficient (Wildman–Crippen LogP) is -0.583. The van der Waals surface area contributed by atoms with Crippen LogP contribution in [0.3, 0.4) is 0 Å². The number of imidazole rings is 1. The standard InChI is InChI=1S/C14H22N6O3/c1-16-5-3-2-4-8-10(21)11(22)14(23-8)20-7-19-9-12(15)17-6-18-13(9)20/h6-8,10-11,14,16,21-22H,2-5H2,1H3,(H2,15,17,18)/t8-,10-,11-,14-/m1/s1. The van der Waals surface area contributed by atoms with Crippen LogP contribution in [-0.2, 0) is 4.74 Å². The number of aliphatic hydroxyl groups excluding tert-OH is 2. The zero-order chi connectivity index (χ0) is 16.4. The molecular weight excluding hydrogens is 300 g/mol. The fourth-order valence-corrected chi connectivity index (χ4v) is 2.90. The van der Waals surface area contributed by atoms with Gasteiger partial charge in [-0.2, -0.15) is 0 Å². The highest BCUT2D eigenvalue weighted by atomic mass is 16.6. The Balaban J connectivity index is 1.76. The zero-order valence-corrected chi connectivity index (χ0v) is 13.0. The van der Waals surface area contributed by atoms with Crippen LogP contribution in [0.4, 0.5) is 5.82 Å². The number of unbranched alkanes of at least 4 members (excludes halogenated alkanes) is 1. The summed E-state index contributed by atoms with van der Waals surface area (Å²) in [4.78, 5) is 12.2. The van der Waals surface area contributed by atoms with E-state index in [9.17, 15) is 10.2 Å². The van der Waals surface area contributed by atoms with Gasteiger partial charge in [-0.05, 0) is 32.9 Å². The summed E-state index contributed by atoms with van der Waals surface area (Å²) < 4.78 is 7.45. The van der Waals surface area contributed by atoms with E-state index < -0.39 is 24.5 Å². The van der Waals surface area contributed by atoms with Gasteiger partial charge in [0.25, 0.3) is 0 Å². The summed E-state index contributed by atoms with van der Waals surface area (Å²) in [6, 6.07) is 0. The van der Waals surface area contributed by atoms with Crippen molar-refractivity contribution in [3.05, 3.63) is 12.7 Å². The van der Waals surface area contributed by atoms with Crippen LogP contribution in [-0.4, -0.2) is 61.6 Å². The Kier molecular flexibility index (Phi) is 4.71. The second kappa shape index (κ2) is 6.75. The molecule has 0 aliphatic carbocycles. The highest BCUT2D eigenvalue weighted by molar-refractivity contribution is 5.81. The SMILES string of the molecule is CNCCCC[C@H]1O[C@@H](n2cnc3c(N)ncnc32)[C@H](O)[C@@H]1O. The van der Waals surface area contributed by atoms with E-state index >= 15 is 0 Å². The number of nitrogens with zero attached hydrogens (tertiary/aromatic N) is 4. The van der Waals surface area contributed by atoms with Crippen molar-refractivity contribution in [1.29, 1.82) is 0 Å². The van der Waals surface area contributed by atoms with Gasteiger partial charge in [0.15, 0.2) is 17.7 Å². The molecule has 1 fully saturated rings. The Morgan fingerprint density at radius 1 is 1.26 bits per heavy atom. The highest BCUT2D eigenvalue weighted by Gasteiger charge is 2.43. The van der Waals surface area contributed by atoms with Crippen molar-refractivity contribution in [3.8, 4) is 0 Å². The van der Waals surface area contributed by atoms with Crippen LogP contribution < -0.4 is 11.1 Å². The molecule has 3 heterocycles. The molecule has 23 heavy (non-hydrogen) atoms. The molecule has 126 valence electrons. The third-order valence-corrected chi connectivity index (χ3v) is 4.16. The van der Waals surface area contributed by atoms with Crippen LogP contribution in [0.2, 0.25) is 0 Å². The maximum Gasteiger partial charge on any atom is 0.167 e. The van der Waals surface area contributed by atoms with E-state index in [1.54, 1.807) is 4.57 Å². The summed E-state index contributed by atoms with van der Waals surface area (Å²) >= 11 is 0. The van der Waals surface area contributed by atoms with Crippen LogP contribution in [0.1, 0.15) is 25.5 Å². The van der Waals surface area contributed by atoms with Crippen LogP contribution in [0.15, 0.2) is 12.7 Å². The monoisotopic (exact) mass is 322 g/mol. The van der Waals surface area contributed by atoms with Gasteiger partial charge in [0.2, 0.25) is 0 Å². The first-order chi connectivity index (χ1) is 11.1. The molecule has 2 aromatic rings. The smallest absolute Gasteiger partial charge is 0.167 e. The summed E-state index contributed by atoms with van der Waals surface area (Å²) in [5, 5.41) is 23.6. The van der Waals surface area contributed by atoms with Crippen LogP contribution in [0.5, 0.6) is 0 Å². The first-order valence-electron chi connectivity index (χ1n) is 7.72. The second-order valence-corrected chi connectivity index (χ2v) is 5.73. The van der Waals surface area contributed by atoms with Crippen molar-refractivity contribution in [3.63, 3.8) is 0 Å². The summed E-state index contributed by atoms with van der Waals surface area (Å²) in [6.45, 7) is 0.914. The maximum absolute atomic E-state index is 10.3. The molecule has 0 saturated carbocycles. The molecule has 1 aliphatic rings. The van der Waals surface area contributed by atoms with Crippen LogP contribution >= 0.6 is 0 Å². The van der Waals surface area contributed by atoms with Crippen molar-refractivity contribution in [2.75, 3.05) is 19.3 Å². The third kappa shape index (κ3) is 3.00. The van der Waals surface area contributed by atoms with E-state index in [0.717, 1.165) is 19.4 Å². The number of anilines is 1. The van der Waals surface area contributed by atoms with E-state index in [-0.39, 0.29) is 5.82 Å². The Morgan fingerprint density at radius 3 is 2.87 bits per heavy atom. The summed E-state index contributed by atoms with van der Waals surface area (Å²) in [5.74, 6) is 0.269. The molecular formula is C14H22N6O3. The fraction of sp³-hybridized carbons (Fsp3) is 0.643. The van der Waals surface area contributed by atoms with E-state index in [4.69, 9.17) is 10.5 Å². The largest absolute Gasteiger partial charge is 0.388 e. The van der Waals surface area contributed by atoms with E-state index in [1.807, 2.05) is 7.05 Å². The van der Waals surface area contributed by atoms with Gasteiger partial charge >= 0.3 is 0 Å². The van der Waals surface area contributed by atoms with Gasteiger partial charge in [0, 0.05) is 0 Å². The van der Waals surface area contributed by atoms with Crippen LogP contribution in [0, 0.1) is 0 Å². The maximum atomic E-state index is 10.3. The minimum absolute atomic E-state index is 0.269. The zero-order valence-electron chi connectivity index (χ0n) is 13.0. The number of aliphatic hydroxyl groups is 2. The Labute approximate surface area is 133 Å². The molecule has 4 atom stereocenters. The average Bonchev–Trinajstić information content (AvgIpc) is 3.09. The molecule has 0 spiro atoms. The third-order valence-electron chi connectivity index (χ3n) is 4.16. The number of rotatable bonds is 6. The van der Waals surface area contributed by atoms with E-state index in [1.165, 1.54) is 12.7 Å². The molecule has 1 saturated heterocycles. The number of hydrogen-bond acceptors (Lipinski definition) is 8. The normalized spacial score (nSPS) is 27.8. The minimum Gasteiger partial charge on any atom is -0.388 e. The number of nitrogens with two attached hydrogens (primary N) is 1. The van der Waals surface area contributed by atoms with Gasteiger partial charge in [-0.1, -0.05) is 0 Å². The number of hydrogen-bond donors (Lipinski definition) is 4. The molecule has 1 aliphatic heterocycles. The topological polar surface area (TPSA) is 131 Å². The molecule has 2 aromatic heterocycles. The molecule has 0 bridgehead atoms. The van der Waals surface area contributed by atoms with Gasteiger partial charge in [-0.25, -0.2) is 15.0 Å². The van der Waals surface area contributed by atoms with Crippen molar-refractivity contribution in [2.45, 2.75) is 43.8 Å². The minimum atomic E-state index is -1.04. The summed E-state index contributed by atoms with van der Waals surface area (Å²) in [6.07, 6.45) is 2.28. The van der Waals surface area contributed by atoms with Crippen molar-refractivity contribution < 1.29 is 14.9 Å². The summed E-state index contributed by atoms with van der Waals surface area (Å²) in [5.41, 5.74) is 6.70. The van der Waals surface area contributed by atoms with Gasteiger partial charge in [-0.15, -0.1) is 0 Å². The number of nitrogen functional groups attached to an aromatic ring is 1. The molecule has 9 nitrogen and oxygen atoms in total. The second-order valence-electron chi connectivity index (χ2n) is 5.73. The highest BCUT2D eigenvalue weighted by Crippen LogP contribution is 2.33.